The molecule has 2 aromatic heterocycles. The summed E-state index contributed by atoms with van der Waals surface area (Å²) in [4.78, 5) is 31.3. The molecule has 5 aromatic rings. The van der Waals surface area contributed by atoms with Gasteiger partial charge in [0.05, 0.1) is 16.0 Å². The summed E-state index contributed by atoms with van der Waals surface area (Å²) in [5, 5.41) is 1.85. The Hall–Kier alpha value is -3.66. The lowest BCUT2D eigenvalue weighted by Gasteiger charge is -2.07. The second kappa shape index (κ2) is 7.98. The monoisotopic (exact) mass is 478 g/mol. The van der Waals surface area contributed by atoms with Crippen molar-refractivity contribution in [2.24, 2.45) is 0 Å². The first-order valence-corrected chi connectivity index (χ1v) is 12.2. The summed E-state index contributed by atoms with van der Waals surface area (Å²) in [6.45, 7) is 1.94. The fraction of sp³-hybridized carbons (Fsp3) is 0.0357. The number of ketones is 2. The van der Waals surface area contributed by atoms with Gasteiger partial charge in [-0.3, -0.25) is 14.2 Å². The molecule has 3 aromatic carbocycles. The van der Waals surface area contributed by atoms with Crippen LogP contribution < -0.4 is 5.30 Å². The van der Waals surface area contributed by atoms with Crippen molar-refractivity contribution in [2.75, 3.05) is 0 Å². The molecule has 1 aliphatic rings. The molecule has 0 spiro atoms. The number of aryl methyl sites for hydroxylation is 1. The van der Waals surface area contributed by atoms with Gasteiger partial charge in [0.2, 0.25) is 0 Å². The Morgan fingerprint density at radius 3 is 2.24 bits per heavy atom. The Labute approximate surface area is 202 Å². The third-order valence-corrected chi connectivity index (χ3v) is 7.76. The van der Waals surface area contributed by atoms with E-state index in [0.29, 0.717) is 11.1 Å². The molecule has 0 fully saturated rings. The molecule has 4 nitrogen and oxygen atoms in total. The zero-order valence-electron chi connectivity index (χ0n) is 18.3. The SMILES string of the molecule is Cc1cc2c(cc1P)C(=O)/C(=C\c1cc3sc(-c4ccccc4)nc3n1-c1ccccc1)C2=O. The van der Waals surface area contributed by atoms with Gasteiger partial charge in [0.1, 0.15) is 5.01 Å². The number of benzene rings is 3. The van der Waals surface area contributed by atoms with Crippen LogP contribution >= 0.6 is 20.6 Å². The van der Waals surface area contributed by atoms with Crippen LogP contribution in [0.15, 0.2) is 84.4 Å². The highest BCUT2D eigenvalue weighted by Gasteiger charge is 2.34. The number of thiazole rings is 1. The van der Waals surface area contributed by atoms with Crippen molar-refractivity contribution in [3.63, 3.8) is 0 Å². The molecule has 0 radical (unpaired) electrons. The second-order valence-corrected chi connectivity index (χ2v) is 9.94. The van der Waals surface area contributed by atoms with E-state index < -0.39 is 0 Å². The molecule has 0 saturated carbocycles. The Morgan fingerprint density at radius 1 is 0.882 bits per heavy atom. The third-order valence-electron chi connectivity index (χ3n) is 6.10. The summed E-state index contributed by atoms with van der Waals surface area (Å²) in [5.41, 5.74) is 5.65. The molecule has 0 aliphatic heterocycles. The highest BCUT2D eigenvalue weighted by Crippen LogP contribution is 2.36. The van der Waals surface area contributed by atoms with Crippen LogP contribution in [-0.2, 0) is 0 Å². The van der Waals surface area contributed by atoms with Crippen molar-refractivity contribution in [3.8, 4) is 16.3 Å². The summed E-state index contributed by atoms with van der Waals surface area (Å²) in [5.74, 6) is -0.457. The van der Waals surface area contributed by atoms with Crippen molar-refractivity contribution < 1.29 is 9.59 Å². The van der Waals surface area contributed by atoms with Crippen LogP contribution in [0.5, 0.6) is 0 Å². The number of aromatic nitrogens is 2. The number of nitrogens with zero attached hydrogens (tertiary/aromatic N) is 2. The van der Waals surface area contributed by atoms with E-state index >= 15 is 0 Å². The summed E-state index contributed by atoms with van der Waals surface area (Å²) in [6, 6.07) is 25.6. The normalized spacial score (nSPS) is 14.4. The topological polar surface area (TPSA) is 52.0 Å². The van der Waals surface area contributed by atoms with E-state index in [4.69, 9.17) is 4.98 Å². The molecule has 0 amide bonds. The van der Waals surface area contributed by atoms with E-state index in [1.165, 1.54) is 0 Å². The van der Waals surface area contributed by atoms with Gasteiger partial charge >= 0.3 is 0 Å². The number of carbonyl (C=O) groups excluding carboxylic acids is 2. The molecule has 6 heteroatoms. The van der Waals surface area contributed by atoms with Crippen LogP contribution in [0.4, 0.5) is 0 Å². The first kappa shape index (κ1) is 20.9. The molecule has 0 bridgehead atoms. The molecule has 1 atom stereocenters. The van der Waals surface area contributed by atoms with Gasteiger partial charge in [0.15, 0.2) is 17.2 Å². The first-order valence-electron chi connectivity index (χ1n) is 10.9. The summed E-state index contributed by atoms with van der Waals surface area (Å²) >= 11 is 1.60. The van der Waals surface area contributed by atoms with Crippen LogP contribution in [0.3, 0.4) is 0 Å². The molecule has 1 unspecified atom stereocenters. The smallest absolute Gasteiger partial charge is 0.197 e. The number of hydrogen-bond donors (Lipinski definition) is 0. The molecule has 2 heterocycles. The highest BCUT2D eigenvalue weighted by atomic mass is 32.1. The summed E-state index contributed by atoms with van der Waals surface area (Å²) in [7, 11) is 2.63. The molecule has 0 saturated heterocycles. The lowest BCUT2D eigenvalue weighted by atomic mass is 10.1. The Morgan fingerprint density at radius 2 is 1.53 bits per heavy atom. The fourth-order valence-corrected chi connectivity index (χ4v) is 5.58. The third kappa shape index (κ3) is 3.28. The van der Waals surface area contributed by atoms with Gasteiger partial charge < -0.3 is 0 Å². The standard InChI is InChI=1S/C28H19N2O2PS/c1-16-12-20-21(15-23(16)33)26(32)22(25(20)31)13-19-14-24-27(30(19)18-10-6-3-7-11-18)29-28(34-24)17-8-4-2-5-9-17/h2-15H,33H2,1H3/b22-13-. The van der Waals surface area contributed by atoms with Crippen LogP contribution in [0.1, 0.15) is 32.0 Å². The average Bonchev–Trinajstić information content (AvgIpc) is 3.47. The number of hydrogen-bond acceptors (Lipinski definition) is 4. The number of fused-ring (bicyclic) bond motifs is 2. The van der Waals surface area contributed by atoms with Crippen LogP contribution in [0.25, 0.3) is 32.7 Å². The quantitative estimate of drug-likeness (QED) is 0.181. The van der Waals surface area contributed by atoms with E-state index in [1.54, 1.807) is 29.5 Å². The van der Waals surface area contributed by atoms with Gasteiger partial charge in [0.25, 0.3) is 0 Å². The first-order chi connectivity index (χ1) is 16.5. The molecular formula is C28H19N2O2PS. The maximum atomic E-state index is 13.2. The average molecular weight is 479 g/mol. The van der Waals surface area contributed by atoms with E-state index in [0.717, 1.165) is 43.2 Å². The van der Waals surface area contributed by atoms with E-state index in [2.05, 4.69) is 9.24 Å². The minimum Gasteiger partial charge on any atom is -0.294 e. The van der Waals surface area contributed by atoms with Gasteiger partial charge in [-0.25, -0.2) is 4.98 Å². The van der Waals surface area contributed by atoms with E-state index in [1.807, 2.05) is 78.2 Å². The van der Waals surface area contributed by atoms with Gasteiger partial charge in [0, 0.05) is 22.4 Å². The second-order valence-electron chi connectivity index (χ2n) is 8.28. The lowest BCUT2D eigenvalue weighted by molar-refractivity contribution is 0.0990. The van der Waals surface area contributed by atoms with Crippen LogP contribution in [0, 0.1) is 6.92 Å². The zero-order chi connectivity index (χ0) is 23.4. The number of allylic oxidation sites excluding steroid dienone is 1. The molecule has 1 aliphatic carbocycles. The Bertz CT molecular complexity index is 1600. The van der Waals surface area contributed by atoms with Gasteiger partial charge in [-0.1, -0.05) is 48.5 Å². The largest absolute Gasteiger partial charge is 0.294 e. The molecule has 34 heavy (non-hydrogen) atoms. The van der Waals surface area contributed by atoms with Crippen molar-refractivity contribution >= 4 is 53.9 Å². The number of Topliss-reactive ketones (excluding diaryl/α,β-unsaturated/α-hetero) is 2. The van der Waals surface area contributed by atoms with Crippen molar-refractivity contribution in [1.29, 1.82) is 0 Å². The van der Waals surface area contributed by atoms with Gasteiger partial charge in [-0.05, 0) is 54.2 Å². The summed E-state index contributed by atoms with van der Waals surface area (Å²) in [6.07, 6.45) is 1.71. The van der Waals surface area contributed by atoms with E-state index in [-0.39, 0.29) is 17.1 Å². The number of rotatable bonds is 3. The predicted octanol–water partition coefficient (Wildman–Crippen LogP) is 6.03. The molecule has 0 N–H and O–H groups in total. The molecule has 6 rings (SSSR count). The van der Waals surface area contributed by atoms with Crippen molar-refractivity contribution in [2.45, 2.75) is 6.92 Å². The number of para-hydroxylation sites is 1. The lowest BCUT2D eigenvalue weighted by Crippen LogP contribution is -2.03. The zero-order valence-corrected chi connectivity index (χ0v) is 20.3. The Kier molecular flexibility index (Phi) is 4.91. The maximum Gasteiger partial charge on any atom is 0.197 e. The van der Waals surface area contributed by atoms with E-state index in [9.17, 15) is 9.59 Å². The van der Waals surface area contributed by atoms with Crippen molar-refractivity contribution in [1.82, 2.24) is 9.55 Å². The minimum absolute atomic E-state index is 0.190. The van der Waals surface area contributed by atoms with Crippen molar-refractivity contribution in [3.05, 3.63) is 107 Å². The minimum atomic E-state index is -0.231. The number of carbonyl (C=O) groups is 2. The Balaban J connectivity index is 1.54. The van der Waals surface area contributed by atoms with Gasteiger partial charge in [-0.15, -0.1) is 20.6 Å². The highest BCUT2D eigenvalue weighted by molar-refractivity contribution is 7.27. The maximum absolute atomic E-state index is 13.2. The predicted molar refractivity (Wildman–Crippen MR) is 142 cm³/mol. The fourth-order valence-electron chi connectivity index (χ4n) is 4.33. The van der Waals surface area contributed by atoms with Crippen LogP contribution in [0.2, 0.25) is 0 Å². The molecule has 164 valence electrons. The summed E-state index contributed by atoms with van der Waals surface area (Å²) < 4.78 is 3.01. The van der Waals surface area contributed by atoms with Gasteiger partial charge in [-0.2, -0.15) is 0 Å². The molecular weight excluding hydrogens is 459 g/mol. The van der Waals surface area contributed by atoms with Crippen LogP contribution in [-0.4, -0.2) is 21.1 Å².